The number of rotatable bonds is 7. The van der Waals surface area contributed by atoms with E-state index in [9.17, 15) is 9.59 Å². The van der Waals surface area contributed by atoms with Crippen molar-refractivity contribution in [1.29, 1.82) is 0 Å². The number of hydrogen-bond donors (Lipinski definition) is 3. The van der Waals surface area contributed by atoms with Crippen molar-refractivity contribution in [2.24, 2.45) is 5.92 Å². The van der Waals surface area contributed by atoms with Crippen molar-refractivity contribution in [2.75, 3.05) is 13.1 Å². The molecule has 0 spiro atoms. The molecule has 3 rings (SSSR count). The lowest BCUT2D eigenvalue weighted by atomic mass is 10.1. The summed E-state index contributed by atoms with van der Waals surface area (Å²) in [5.41, 5.74) is 1.92. The first-order valence-corrected chi connectivity index (χ1v) is 8.07. The summed E-state index contributed by atoms with van der Waals surface area (Å²) in [6.07, 6.45) is 7.64. The average molecular weight is 327 g/mol. The highest BCUT2D eigenvalue weighted by atomic mass is 16.2. The van der Waals surface area contributed by atoms with Crippen LogP contribution in [0.5, 0.6) is 0 Å². The van der Waals surface area contributed by atoms with E-state index in [2.05, 4.69) is 20.9 Å². The number of hydrogen-bond acceptors (Lipinski definition) is 3. The van der Waals surface area contributed by atoms with E-state index < -0.39 is 0 Å². The van der Waals surface area contributed by atoms with Gasteiger partial charge in [-0.05, 0) is 30.4 Å². The molecule has 0 saturated heterocycles. The van der Waals surface area contributed by atoms with Gasteiger partial charge in [0.15, 0.2) is 0 Å². The van der Waals surface area contributed by atoms with E-state index in [4.69, 9.17) is 0 Å². The number of aromatic nitrogens is 2. The highest BCUT2D eigenvalue weighted by Gasteiger charge is 2.21. The summed E-state index contributed by atoms with van der Waals surface area (Å²) in [4.78, 5) is 27.5. The Morgan fingerprint density at radius 1 is 1.17 bits per heavy atom. The summed E-state index contributed by atoms with van der Waals surface area (Å²) in [5, 5.41) is 8.15. The van der Waals surface area contributed by atoms with Gasteiger partial charge in [0, 0.05) is 25.5 Å². The van der Waals surface area contributed by atoms with Crippen LogP contribution < -0.4 is 16.0 Å². The second-order valence-corrected chi connectivity index (χ2v) is 5.88. The molecule has 7 heteroatoms. The molecule has 1 aliphatic carbocycles. The van der Waals surface area contributed by atoms with Crippen LogP contribution in [0.25, 0.3) is 5.69 Å². The van der Waals surface area contributed by atoms with Crippen LogP contribution in [0.4, 0.5) is 4.79 Å². The number of urea groups is 1. The molecule has 0 aliphatic heterocycles. The number of carbonyl (C=O) groups is 2. The predicted octanol–water partition coefficient (Wildman–Crippen LogP) is 1.20. The van der Waals surface area contributed by atoms with Crippen LogP contribution >= 0.6 is 0 Å². The first-order chi connectivity index (χ1) is 11.7. The Balaban J connectivity index is 1.45. The molecule has 0 atom stereocenters. The van der Waals surface area contributed by atoms with Crippen molar-refractivity contribution < 1.29 is 9.59 Å². The lowest BCUT2D eigenvalue weighted by Crippen LogP contribution is -2.42. The summed E-state index contributed by atoms with van der Waals surface area (Å²) < 4.78 is 1.89. The number of benzene rings is 1. The molecule has 126 valence electrons. The molecule has 1 heterocycles. The van der Waals surface area contributed by atoms with E-state index in [1.165, 1.54) is 12.8 Å². The number of para-hydroxylation sites is 1. The predicted molar refractivity (Wildman–Crippen MR) is 89.5 cm³/mol. The zero-order valence-electron chi connectivity index (χ0n) is 13.4. The minimum atomic E-state index is -0.364. The van der Waals surface area contributed by atoms with Gasteiger partial charge in [0.25, 0.3) is 0 Å². The molecule has 24 heavy (non-hydrogen) atoms. The molecule has 0 bridgehead atoms. The van der Waals surface area contributed by atoms with Crippen molar-refractivity contribution in [3.05, 3.63) is 48.5 Å². The third-order valence-corrected chi connectivity index (χ3v) is 3.91. The van der Waals surface area contributed by atoms with Gasteiger partial charge in [-0.25, -0.2) is 9.78 Å². The summed E-state index contributed by atoms with van der Waals surface area (Å²) in [5.74, 6) is 0.471. The fourth-order valence-corrected chi connectivity index (χ4v) is 2.36. The maximum Gasteiger partial charge on any atom is 0.315 e. The van der Waals surface area contributed by atoms with Crippen LogP contribution in [0, 0.1) is 5.92 Å². The molecule has 1 aromatic carbocycles. The van der Waals surface area contributed by atoms with Crippen LogP contribution in [0.3, 0.4) is 0 Å². The monoisotopic (exact) mass is 327 g/mol. The smallest absolute Gasteiger partial charge is 0.315 e. The van der Waals surface area contributed by atoms with Gasteiger partial charge in [-0.2, -0.15) is 0 Å². The first-order valence-electron chi connectivity index (χ1n) is 8.07. The standard InChI is InChI=1S/C17H21N5O2/c23-16(19-9-13-5-6-13)11-21-17(24)20-10-14-3-1-2-4-15(14)22-8-7-18-12-22/h1-4,7-8,12-13H,5-6,9-11H2,(H,19,23)(H2,20,21,24). The van der Waals surface area contributed by atoms with E-state index in [-0.39, 0.29) is 18.5 Å². The van der Waals surface area contributed by atoms with Gasteiger partial charge < -0.3 is 20.5 Å². The molecule has 1 aliphatic rings. The van der Waals surface area contributed by atoms with Crippen LogP contribution in [-0.4, -0.2) is 34.6 Å². The Bertz CT molecular complexity index is 695. The lowest BCUT2D eigenvalue weighted by Gasteiger charge is -2.12. The minimum Gasteiger partial charge on any atom is -0.354 e. The summed E-state index contributed by atoms with van der Waals surface area (Å²) in [6, 6.07) is 7.39. The molecule has 0 radical (unpaired) electrons. The molecular formula is C17H21N5O2. The van der Waals surface area contributed by atoms with E-state index in [0.717, 1.165) is 11.3 Å². The molecule has 3 N–H and O–H groups in total. The van der Waals surface area contributed by atoms with E-state index in [1.807, 2.05) is 35.0 Å². The number of nitrogens with one attached hydrogen (secondary N) is 3. The van der Waals surface area contributed by atoms with E-state index >= 15 is 0 Å². The fourth-order valence-electron chi connectivity index (χ4n) is 2.36. The van der Waals surface area contributed by atoms with Gasteiger partial charge in [-0.15, -0.1) is 0 Å². The maximum absolute atomic E-state index is 11.8. The zero-order valence-corrected chi connectivity index (χ0v) is 13.4. The maximum atomic E-state index is 11.8. The molecule has 2 aromatic rings. The van der Waals surface area contributed by atoms with Gasteiger partial charge >= 0.3 is 6.03 Å². The van der Waals surface area contributed by atoms with Crippen LogP contribution in [0.2, 0.25) is 0 Å². The minimum absolute atomic E-state index is 0.0122. The van der Waals surface area contributed by atoms with Crippen molar-refractivity contribution in [1.82, 2.24) is 25.5 Å². The fraction of sp³-hybridized carbons (Fsp3) is 0.353. The van der Waals surface area contributed by atoms with Crippen molar-refractivity contribution in [3.63, 3.8) is 0 Å². The Labute approximate surface area is 140 Å². The highest BCUT2D eigenvalue weighted by molar-refractivity contribution is 5.83. The van der Waals surface area contributed by atoms with Crippen molar-refractivity contribution >= 4 is 11.9 Å². The van der Waals surface area contributed by atoms with Gasteiger partial charge in [0.1, 0.15) is 0 Å². The molecule has 7 nitrogen and oxygen atoms in total. The zero-order chi connectivity index (χ0) is 16.8. The molecule has 3 amide bonds. The van der Waals surface area contributed by atoms with Crippen molar-refractivity contribution in [2.45, 2.75) is 19.4 Å². The van der Waals surface area contributed by atoms with Gasteiger partial charge in [-0.1, -0.05) is 18.2 Å². The Morgan fingerprint density at radius 2 is 2.00 bits per heavy atom. The summed E-state index contributed by atoms with van der Waals surface area (Å²) >= 11 is 0. The Morgan fingerprint density at radius 3 is 2.75 bits per heavy atom. The molecule has 1 aromatic heterocycles. The first kappa shape index (κ1) is 16.0. The summed E-state index contributed by atoms with van der Waals surface area (Å²) in [6.45, 7) is 1.06. The average Bonchev–Trinajstić information content (AvgIpc) is 3.28. The normalized spacial score (nSPS) is 13.3. The van der Waals surface area contributed by atoms with Crippen LogP contribution in [-0.2, 0) is 11.3 Å². The second-order valence-electron chi connectivity index (χ2n) is 5.88. The van der Waals surface area contributed by atoms with E-state index in [0.29, 0.717) is 19.0 Å². The van der Waals surface area contributed by atoms with Gasteiger partial charge in [-0.3, -0.25) is 4.79 Å². The van der Waals surface area contributed by atoms with E-state index in [1.54, 1.807) is 12.5 Å². The molecule has 1 saturated carbocycles. The number of imidazole rings is 1. The second kappa shape index (κ2) is 7.63. The highest BCUT2D eigenvalue weighted by Crippen LogP contribution is 2.27. The largest absolute Gasteiger partial charge is 0.354 e. The third kappa shape index (κ3) is 4.58. The Kier molecular flexibility index (Phi) is 5.10. The van der Waals surface area contributed by atoms with Crippen molar-refractivity contribution in [3.8, 4) is 5.69 Å². The van der Waals surface area contributed by atoms with Crippen LogP contribution in [0.15, 0.2) is 43.0 Å². The van der Waals surface area contributed by atoms with Crippen LogP contribution in [0.1, 0.15) is 18.4 Å². The third-order valence-electron chi connectivity index (χ3n) is 3.91. The Hall–Kier alpha value is -2.83. The summed E-state index contributed by atoms with van der Waals surface area (Å²) in [7, 11) is 0. The SMILES string of the molecule is O=C(CNC(=O)NCc1ccccc1-n1ccnc1)NCC1CC1. The number of amides is 3. The topological polar surface area (TPSA) is 88.1 Å². The quantitative estimate of drug-likeness (QED) is 0.714. The van der Waals surface area contributed by atoms with Gasteiger partial charge in [0.05, 0.1) is 18.6 Å². The van der Waals surface area contributed by atoms with Gasteiger partial charge in [0.2, 0.25) is 5.91 Å². The molecule has 1 fully saturated rings. The molecular weight excluding hydrogens is 306 g/mol. The number of nitrogens with zero attached hydrogens (tertiary/aromatic N) is 2. The lowest BCUT2D eigenvalue weighted by molar-refractivity contribution is -0.120. The molecule has 0 unspecified atom stereocenters. The number of carbonyl (C=O) groups excluding carboxylic acids is 2.